The standard InChI is InChI=1S/C17H20N4/c1-3-8-21-15-7-5-4-6-14(15)20-16(21)10-13-9-12(2)11-19-17(13)18/h4-7,9,11H,3,8,10H2,1-2H3,(H2,18,19). The smallest absolute Gasteiger partial charge is 0.126 e. The molecule has 0 spiro atoms. The third kappa shape index (κ3) is 2.61. The van der Waals surface area contributed by atoms with Gasteiger partial charge in [0, 0.05) is 24.7 Å². The van der Waals surface area contributed by atoms with Gasteiger partial charge in [-0.2, -0.15) is 0 Å². The van der Waals surface area contributed by atoms with Gasteiger partial charge < -0.3 is 10.3 Å². The Bertz CT molecular complexity index is 774. The third-order valence-corrected chi connectivity index (χ3v) is 3.67. The van der Waals surface area contributed by atoms with Gasteiger partial charge in [0.15, 0.2) is 0 Å². The van der Waals surface area contributed by atoms with E-state index in [4.69, 9.17) is 10.7 Å². The molecule has 0 amide bonds. The number of nitrogens with zero attached hydrogens (tertiary/aromatic N) is 3. The summed E-state index contributed by atoms with van der Waals surface area (Å²) >= 11 is 0. The Kier molecular flexibility index (Phi) is 3.60. The maximum atomic E-state index is 6.01. The predicted molar refractivity (Wildman–Crippen MR) is 86.2 cm³/mol. The van der Waals surface area contributed by atoms with Gasteiger partial charge in [-0.1, -0.05) is 25.1 Å². The molecule has 1 aromatic carbocycles. The Hall–Kier alpha value is -2.36. The molecular weight excluding hydrogens is 260 g/mol. The SMILES string of the molecule is CCCn1c(Cc2cc(C)cnc2N)nc2ccccc21. The van der Waals surface area contributed by atoms with Crippen molar-refractivity contribution in [3.8, 4) is 0 Å². The van der Waals surface area contributed by atoms with Crippen LogP contribution in [0.25, 0.3) is 11.0 Å². The van der Waals surface area contributed by atoms with Gasteiger partial charge in [-0.15, -0.1) is 0 Å². The number of nitrogens with two attached hydrogens (primary N) is 1. The highest BCUT2D eigenvalue weighted by molar-refractivity contribution is 5.76. The van der Waals surface area contributed by atoms with Gasteiger partial charge in [0.1, 0.15) is 11.6 Å². The van der Waals surface area contributed by atoms with Gasteiger partial charge in [0.2, 0.25) is 0 Å². The highest BCUT2D eigenvalue weighted by Crippen LogP contribution is 2.21. The number of anilines is 1. The first kappa shape index (κ1) is 13.6. The van der Waals surface area contributed by atoms with E-state index in [-0.39, 0.29) is 0 Å². The van der Waals surface area contributed by atoms with Crippen LogP contribution in [0.5, 0.6) is 0 Å². The molecule has 2 N–H and O–H groups in total. The second-order valence-electron chi connectivity index (χ2n) is 5.40. The highest BCUT2D eigenvalue weighted by atomic mass is 15.1. The maximum Gasteiger partial charge on any atom is 0.126 e. The molecule has 0 bridgehead atoms. The van der Waals surface area contributed by atoms with Crippen molar-refractivity contribution in [2.75, 3.05) is 5.73 Å². The number of benzene rings is 1. The zero-order valence-corrected chi connectivity index (χ0v) is 12.5. The quantitative estimate of drug-likeness (QED) is 0.797. The lowest BCUT2D eigenvalue weighted by Gasteiger charge is -2.09. The minimum atomic E-state index is 0.593. The molecule has 3 aromatic rings. The van der Waals surface area contributed by atoms with E-state index in [0.29, 0.717) is 5.82 Å². The molecule has 0 saturated carbocycles. The monoisotopic (exact) mass is 280 g/mol. The second kappa shape index (κ2) is 5.56. The average Bonchev–Trinajstić information content (AvgIpc) is 2.81. The van der Waals surface area contributed by atoms with Crippen molar-refractivity contribution in [2.45, 2.75) is 33.2 Å². The second-order valence-corrected chi connectivity index (χ2v) is 5.40. The lowest BCUT2D eigenvalue weighted by atomic mass is 10.1. The fourth-order valence-electron chi connectivity index (χ4n) is 2.69. The van der Waals surface area contributed by atoms with E-state index in [9.17, 15) is 0 Å². The number of hydrogen-bond donors (Lipinski definition) is 1. The highest BCUT2D eigenvalue weighted by Gasteiger charge is 2.12. The van der Waals surface area contributed by atoms with Crippen molar-refractivity contribution in [2.24, 2.45) is 0 Å². The van der Waals surface area contributed by atoms with E-state index >= 15 is 0 Å². The molecule has 4 heteroatoms. The Labute approximate surface area is 124 Å². The predicted octanol–water partition coefficient (Wildman–Crippen LogP) is 3.32. The van der Waals surface area contributed by atoms with Crippen molar-refractivity contribution < 1.29 is 0 Å². The number of para-hydroxylation sites is 2. The molecule has 0 aliphatic heterocycles. The van der Waals surface area contributed by atoms with E-state index in [1.54, 1.807) is 6.20 Å². The van der Waals surface area contributed by atoms with E-state index < -0.39 is 0 Å². The van der Waals surface area contributed by atoms with E-state index in [1.165, 1.54) is 5.52 Å². The Balaban J connectivity index is 2.07. The first-order chi connectivity index (χ1) is 10.2. The van der Waals surface area contributed by atoms with Gasteiger partial charge in [-0.3, -0.25) is 0 Å². The minimum Gasteiger partial charge on any atom is -0.383 e. The number of fused-ring (bicyclic) bond motifs is 1. The normalized spacial score (nSPS) is 11.1. The van der Waals surface area contributed by atoms with Crippen LogP contribution in [-0.2, 0) is 13.0 Å². The zero-order valence-electron chi connectivity index (χ0n) is 12.5. The van der Waals surface area contributed by atoms with Crippen LogP contribution >= 0.6 is 0 Å². The summed E-state index contributed by atoms with van der Waals surface area (Å²) in [6.45, 7) is 5.18. The van der Waals surface area contributed by atoms with Crippen molar-refractivity contribution in [3.63, 3.8) is 0 Å². The minimum absolute atomic E-state index is 0.593. The lowest BCUT2D eigenvalue weighted by molar-refractivity contribution is 0.664. The number of nitrogen functional groups attached to an aromatic ring is 1. The summed E-state index contributed by atoms with van der Waals surface area (Å²) in [5.41, 5.74) is 10.4. The molecule has 0 unspecified atom stereocenters. The number of aryl methyl sites for hydroxylation is 2. The van der Waals surface area contributed by atoms with Crippen LogP contribution in [0.1, 0.15) is 30.3 Å². The first-order valence-electron chi connectivity index (χ1n) is 7.34. The molecule has 0 aliphatic rings. The molecule has 2 heterocycles. The van der Waals surface area contributed by atoms with Crippen LogP contribution in [0.2, 0.25) is 0 Å². The molecule has 108 valence electrons. The van der Waals surface area contributed by atoms with Gasteiger partial charge in [0.05, 0.1) is 11.0 Å². The van der Waals surface area contributed by atoms with Crippen molar-refractivity contribution in [1.29, 1.82) is 0 Å². The largest absolute Gasteiger partial charge is 0.383 e. The molecule has 0 radical (unpaired) electrons. The summed E-state index contributed by atoms with van der Waals surface area (Å²) in [6, 6.07) is 10.4. The summed E-state index contributed by atoms with van der Waals surface area (Å²) in [5, 5.41) is 0. The van der Waals surface area contributed by atoms with Crippen molar-refractivity contribution in [1.82, 2.24) is 14.5 Å². The van der Waals surface area contributed by atoms with Gasteiger partial charge in [-0.25, -0.2) is 9.97 Å². The average molecular weight is 280 g/mol. The van der Waals surface area contributed by atoms with Crippen molar-refractivity contribution >= 4 is 16.9 Å². The molecule has 21 heavy (non-hydrogen) atoms. The summed E-state index contributed by atoms with van der Waals surface area (Å²) in [5.74, 6) is 1.65. The topological polar surface area (TPSA) is 56.7 Å². The fraction of sp³-hybridized carbons (Fsp3) is 0.294. The van der Waals surface area contributed by atoms with Crippen LogP contribution in [0.4, 0.5) is 5.82 Å². The molecular formula is C17H20N4. The Morgan fingerprint density at radius 1 is 1.24 bits per heavy atom. The van der Waals surface area contributed by atoms with Crippen LogP contribution in [0, 0.1) is 6.92 Å². The van der Waals surface area contributed by atoms with Gasteiger partial charge in [-0.05, 0) is 31.0 Å². The molecule has 0 atom stereocenters. The zero-order chi connectivity index (χ0) is 14.8. The van der Waals surface area contributed by atoms with E-state index in [1.807, 2.05) is 13.0 Å². The number of imidazole rings is 1. The number of hydrogen-bond acceptors (Lipinski definition) is 3. The molecule has 0 aliphatic carbocycles. The van der Waals surface area contributed by atoms with Crippen LogP contribution in [-0.4, -0.2) is 14.5 Å². The number of aromatic nitrogens is 3. The fourth-order valence-corrected chi connectivity index (χ4v) is 2.69. The Morgan fingerprint density at radius 3 is 2.86 bits per heavy atom. The van der Waals surface area contributed by atoms with E-state index in [0.717, 1.165) is 41.9 Å². The summed E-state index contributed by atoms with van der Waals surface area (Å²) in [6.07, 6.45) is 3.60. The molecule has 0 saturated heterocycles. The van der Waals surface area contributed by atoms with Gasteiger partial charge >= 0.3 is 0 Å². The van der Waals surface area contributed by atoms with Crippen LogP contribution < -0.4 is 5.73 Å². The van der Waals surface area contributed by atoms with Gasteiger partial charge in [0.25, 0.3) is 0 Å². The third-order valence-electron chi connectivity index (χ3n) is 3.67. The molecule has 0 fully saturated rings. The number of pyridine rings is 1. The molecule has 2 aromatic heterocycles. The summed E-state index contributed by atoms with van der Waals surface area (Å²) in [7, 11) is 0. The molecule has 3 rings (SSSR count). The van der Waals surface area contributed by atoms with Crippen LogP contribution in [0.3, 0.4) is 0 Å². The molecule has 4 nitrogen and oxygen atoms in total. The van der Waals surface area contributed by atoms with Crippen molar-refractivity contribution in [3.05, 3.63) is 53.5 Å². The first-order valence-corrected chi connectivity index (χ1v) is 7.34. The summed E-state index contributed by atoms with van der Waals surface area (Å²) in [4.78, 5) is 9.02. The van der Waals surface area contributed by atoms with Crippen LogP contribution in [0.15, 0.2) is 36.5 Å². The number of rotatable bonds is 4. The lowest BCUT2D eigenvalue weighted by Crippen LogP contribution is -2.06. The summed E-state index contributed by atoms with van der Waals surface area (Å²) < 4.78 is 2.29. The van der Waals surface area contributed by atoms with E-state index in [2.05, 4.69) is 40.7 Å². The maximum absolute atomic E-state index is 6.01. The Morgan fingerprint density at radius 2 is 2.05 bits per heavy atom.